The Morgan fingerprint density at radius 2 is 1.56 bits per heavy atom. The van der Waals surface area contributed by atoms with Gasteiger partial charge in [-0.2, -0.15) is 0 Å². The van der Waals surface area contributed by atoms with Crippen LogP contribution in [0.2, 0.25) is 0 Å². The Morgan fingerprint density at radius 3 is 2.50 bits per heavy atom. The largest absolute Gasteiger partial charge is 0.0757 e. The fourth-order valence-electron chi connectivity index (χ4n) is 3.02. The van der Waals surface area contributed by atoms with E-state index in [9.17, 15) is 0 Å². The van der Waals surface area contributed by atoms with Crippen molar-refractivity contribution < 1.29 is 0 Å². The zero-order valence-corrected chi connectivity index (χ0v) is 9.03. The Morgan fingerprint density at radius 1 is 0.750 bits per heavy atom. The molecule has 0 bridgehead atoms. The molecule has 2 aromatic carbocycles. The van der Waals surface area contributed by atoms with Crippen molar-refractivity contribution in [1.29, 1.82) is 0 Å². The van der Waals surface area contributed by atoms with Gasteiger partial charge in [0.2, 0.25) is 0 Å². The van der Waals surface area contributed by atoms with Crippen LogP contribution in [0.5, 0.6) is 0 Å². The standard InChI is InChI=1S/C16H12/c1-2-8-13-12(7-1)14-9-3-5-11-6-4-10-15(13)16(11)14/h1-3,5,7-10H,4,6H2. The quantitative estimate of drug-likeness (QED) is 0.518. The number of rotatable bonds is 0. The maximum Gasteiger partial charge on any atom is -0.00699 e. The Kier molecular flexibility index (Phi) is 1.49. The van der Waals surface area contributed by atoms with Crippen LogP contribution in [-0.2, 0) is 6.42 Å². The monoisotopic (exact) mass is 204 g/mol. The van der Waals surface area contributed by atoms with Gasteiger partial charge in [0, 0.05) is 0 Å². The summed E-state index contributed by atoms with van der Waals surface area (Å²) in [5, 5.41) is 0. The van der Waals surface area contributed by atoms with E-state index < -0.39 is 0 Å². The molecular formula is C16H12. The lowest BCUT2D eigenvalue weighted by Gasteiger charge is -2.14. The molecule has 0 radical (unpaired) electrons. The van der Waals surface area contributed by atoms with Gasteiger partial charge in [0.25, 0.3) is 0 Å². The second kappa shape index (κ2) is 2.85. The highest BCUT2D eigenvalue weighted by Crippen LogP contribution is 2.47. The topological polar surface area (TPSA) is 0 Å². The molecule has 2 aliphatic carbocycles. The summed E-state index contributed by atoms with van der Waals surface area (Å²) in [7, 11) is 0. The summed E-state index contributed by atoms with van der Waals surface area (Å²) in [6.07, 6.45) is 4.78. The average molecular weight is 204 g/mol. The first-order valence-electron chi connectivity index (χ1n) is 5.87. The molecule has 4 rings (SSSR count). The van der Waals surface area contributed by atoms with Gasteiger partial charge >= 0.3 is 0 Å². The summed E-state index contributed by atoms with van der Waals surface area (Å²) in [4.78, 5) is 0. The molecule has 0 saturated heterocycles. The van der Waals surface area contributed by atoms with Gasteiger partial charge in [-0.25, -0.2) is 0 Å². The highest BCUT2D eigenvalue weighted by molar-refractivity contribution is 6.02. The van der Waals surface area contributed by atoms with Crippen LogP contribution in [-0.4, -0.2) is 0 Å². The summed E-state index contributed by atoms with van der Waals surface area (Å²) in [6, 6.07) is 15.5. The van der Waals surface area contributed by atoms with Gasteiger partial charge in [0.1, 0.15) is 0 Å². The lowest BCUT2D eigenvalue weighted by molar-refractivity contribution is 0.982. The number of benzene rings is 2. The summed E-state index contributed by atoms with van der Waals surface area (Å²) in [5.74, 6) is 0. The fourth-order valence-corrected chi connectivity index (χ4v) is 3.02. The minimum atomic E-state index is 1.18. The van der Waals surface area contributed by atoms with Crippen molar-refractivity contribution in [2.75, 3.05) is 0 Å². The maximum absolute atomic E-state index is 2.40. The molecule has 0 amide bonds. The molecule has 0 spiro atoms. The van der Waals surface area contributed by atoms with Crippen molar-refractivity contribution in [3.8, 4) is 11.1 Å². The second-order valence-electron chi connectivity index (χ2n) is 4.54. The van der Waals surface area contributed by atoms with Crippen molar-refractivity contribution in [2.24, 2.45) is 0 Å². The summed E-state index contributed by atoms with van der Waals surface area (Å²) >= 11 is 0. The highest BCUT2D eigenvalue weighted by atomic mass is 14.3. The molecule has 0 unspecified atom stereocenters. The molecule has 0 heteroatoms. The van der Waals surface area contributed by atoms with E-state index >= 15 is 0 Å². The van der Waals surface area contributed by atoms with Crippen molar-refractivity contribution in [2.45, 2.75) is 12.8 Å². The van der Waals surface area contributed by atoms with Gasteiger partial charge in [0.05, 0.1) is 0 Å². The molecule has 2 aromatic rings. The van der Waals surface area contributed by atoms with Crippen LogP contribution in [0.15, 0.2) is 48.5 Å². The fraction of sp³-hybridized carbons (Fsp3) is 0.125. The third-order valence-electron chi connectivity index (χ3n) is 3.69. The smallest absolute Gasteiger partial charge is 0.00699 e. The lowest BCUT2D eigenvalue weighted by atomic mass is 9.90. The van der Waals surface area contributed by atoms with Gasteiger partial charge in [-0.1, -0.05) is 48.5 Å². The third-order valence-corrected chi connectivity index (χ3v) is 3.69. The minimum Gasteiger partial charge on any atom is -0.0757 e. The lowest BCUT2D eigenvalue weighted by Crippen LogP contribution is -1.97. The summed E-state index contributed by atoms with van der Waals surface area (Å²) < 4.78 is 0. The van der Waals surface area contributed by atoms with E-state index in [2.05, 4.69) is 48.5 Å². The first kappa shape index (κ1) is 8.35. The van der Waals surface area contributed by atoms with Gasteiger partial charge in [-0.3, -0.25) is 0 Å². The van der Waals surface area contributed by atoms with E-state index in [1.165, 1.54) is 46.2 Å². The number of fused-ring (bicyclic) bond motifs is 3. The first-order valence-corrected chi connectivity index (χ1v) is 5.87. The van der Waals surface area contributed by atoms with Crippen LogP contribution in [0, 0.1) is 0 Å². The van der Waals surface area contributed by atoms with Gasteiger partial charge < -0.3 is 0 Å². The predicted octanol–water partition coefficient (Wildman–Crippen LogP) is 4.04. The molecule has 2 aliphatic rings. The van der Waals surface area contributed by atoms with E-state index in [1.54, 1.807) is 0 Å². The second-order valence-corrected chi connectivity index (χ2v) is 4.54. The molecule has 76 valence electrons. The van der Waals surface area contributed by atoms with E-state index in [-0.39, 0.29) is 0 Å². The Labute approximate surface area is 95.2 Å². The van der Waals surface area contributed by atoms with Crippen molar-refractivity contribution in [3.63, 3.8) is 0 Å². The van der Waals surface area contributed by atoms with E-state index in [0.717, 1.165) is 0 Å². The number of aryl methyl sites for hydroxylation is 1. The van der Waals surface area contributed by atoms with Crippen LogP contribution in [0.25, 0.3) is 16.7 Å². The van der Waals surface area contributed by atoms with Crippen molar-refractivity contribution >= 4 is 5.57 Å². The summed E-state index contributed by atoms with van der Waals surface area (Å²) in [5.41, 5.74) is 8.74. The molecule has 0 heterocycles. The Balaban J connectivity index is 2.18. The van der Waals surface area contributed by atoms with E-state index in [1.807, 2.05) is 0 Å². The maximum atomic E-state index is 2.40. The minimum absolute atomic E-state index is 1.18. The first-order chi connectivity index (χ1) is 7.95. The number of allylic oxidation sites excluding steroid dienone is 1. The van der Waals surface area contributed by atoms with E-state index in [0.29, 0.717) is 0 Å². The molecule has 0 nitrogen and oxygen atoms in total. The Bertz CT molecular complexity index is 618. The van der Waals surface area contributed by atoms with Crippen LogP contribution < -0.4 is 0 Å². The number of hydrogen-bond donors (Lipinski definition) is 0. The van der Waals surface area contributed by atoms with Crippen LogP contribution in [0.4, 0.5) is 0 Å². The molecule has 0 aromatic heterocycles. The molecule has 0 aliphatic heterocycles. The zero-order valence-electron chi connectivity index (χ0n) is 9.03. The SMILES string of the molecule is C1=C2c3ccccc3-c3cccc(c32)CC1. The average Bonchev–Trinajstić information content (AvgIpc) is 2.68. The van der Waals surface area contributed by atoms with Gasteiger partial charge in [-0.15, -0.1) is 0 Å². The normalized spacial score (nSPS) is 15.4. The molecule has 16 heavy (non-hydrogen) atoms. The van der Waals surface area contributed by atoms with Crippen molar-refractivity contribution in [1.82, 2.24) is 0 Å². The van der Waals surface area contributed by atoms with Gasteiger partial charge in [0.15, 0.2) is 0 Å². The van der Waals surface area contributed by atoms with Crippen LogP contribution in [0.3, 0.4) is 0 Å². The van der Waals surface area contributed by atoms with E-state index in [4.69, 9.17) is 0 Å². The predicted molar refractivity (Wildman–Crippen MR) is 67.3 cm³/mol. The molecule has 0 fully saturated rings. The third kappa shape index (κ3) is 0.898. The van der Waals surface area contributed by atoms with Crippen molar-refractivity contribution in [3.05, 3.63) is 65.2 Å². The summed E-state index contributed by atoms with van der Waals surface area (Å²) in [6.45, 7) is 0. The molecule has 0 saturated carbocycles. The molecular weight excluding hydrogens is 192 g/mol. The molecule has 0 N–H and O–H groups in total. The number of hydrogen-bond acceptors (Lipinski definition) is 0. The van der Waals surface area contributed by atoms with Crippen LogP contribution >= 0.6 is 0 Å². The highest BCUT2D eigenvalue weighted by Gasteiger charge is 2.26. The Hall–Kier alpha value is -1.82. The van der Waals surface area contributed by atoms with Gasteiger partial charge in [-0.05, 0) is 46.2 Å². The molecule has 0 atom stereocenters. The van der Waals surface area contributed by atoms with Crippen LogP contribution in [0.1, 0.15) is 23.1 Å². The zero-order chi connectivity index (χ0) is 10.5.